The number of fused-ring (bicyclic) bond motifs is 2. The predicted molar refractivity (Wildman–Crippen MR) is 72.8 cm³/mol. The summed E-state index contributed by atoms with van der Waals surface area (Å²) in [7, 11) is 0. The molecule has 4 heteroatoms. The second kappa shape index (κ2) is 4.61. The Morgan fingerprint density at radius 3 is 2.71 bits per heavy atom. The van der Waals surface area contributed by atoms with Crippen LogP contribution in [0, 0.1) is 11.8 Å². The molecule has 0 aliphatic heterocycles. The Bertz CT molecular complexity index is 406. The first-order valence-corrected chi connectivity index (χ1v) is 6.69. The Labute approximate surface area is 107 Å². The molecule has 0 amide bonds. The number of aromatic nitrogens is 1. The molecule has 2 aliphatic rings. The standard InChI is InChI=1S/C13H17N3S/c17-13(15-11-3-5-14-6-4-11)16-12-8-9-1-2-10(12)7-9/h3-6,9-10,12H,1-2,7-8H2,(H2,14,15,16,17)/t9-,10-,12-/m0/s1. The van der Waals surface area contributed by atoms with E-state index in [0.29, 0.717) is 6.04 Å². The molecule has 3 rings (SSSR count). The van der Waals surface area contributed by atoms with E-state index in [2.05, 4.69) is 15.6 Å². The Morgan fingerprint density at radius 2 is 2.06 bits per heavy atom. The predicted octanol–water partition coefficient (Wildman–Crippen LogP) is 2.56. The number of hydrogen-bond acceptors (Lipinski definition) is 2. The van der Waals surface area contributed by atoms with Crippen LogP contribution in [0.3, 0.4) is 0 Å². The normalized spacial score (nSPS) is 30.2. The lowest BCUT2D eigenvalue weighted by molar-refractivity contribution is 0.392. The minimum absolute atomic E-state index is 0.593. The molecule has 90 valence electrons. The van der Waals surface area contributed by atoms with Gasteiger partial charge in [0.15, 0.2) is 5.11 Å². The van der Waals surface area contributed by atoms with Crippen molar-refractivity contribution in [1.29, 1.82) is 0 Å². The van der Waals surface area contributed by atoms with Gasteiger partial charge in [0.2, 0.25) is 0 Å². The number of pyridine rings is 1. The van der Waals surface area contributed by atoms with E-state index in [9.17, 15) is 0 Å². The van der Waals surface area contributed by atoms with Gasteiger partial charge in [-0.3, -0.25) is 4.98 Å². The Morgan fingerprint density at radius 1 is 1.24 bits per heavy atom. The van der Waals surface area contributed by atoms with Crippen LogP contribution < -0.4 is 10.6 Å². The Kier molecular flexibility index (Phi) is 2.97. The Balaban J connectivity index is 1.54. The maximum atomic E-state index is 5.35. The lowest BCUT2D eigenvalue weighted by Gasteiger charge is -2.24. The van der Waals surface area contributed by atoms with Crippen LogP contribution in [-0.2, 0) is 0 Å². The van der Waals surface area contributed by atoms with Gasteiger partial charge in [0, 0.05) is 24.1 Å². The van der Waals surface area contributed by atoms with E-state index in [1.807, 2.05) is 12.1 Å². The SMILES string of the molecule is S=C(Nc1ccncc1)N[C@H]1C[C@H]2CC[C@H]1C2. The molecular weight excluding hydrogens is 230 g/mol. The van der Waals surface area contributed by atoms with Crippen LogP contribution in [0.2, 0.25) is 0 Å². The van der Waals surface area contributed by atoms with Crippen molar-refractivity contribution in [3.05, 3.63) is 24.5 Å². The molecule has 3 nitrogen and oxygen atoms in total. The lowest BCUT2D eigenvalue weighted by Crippen LogP contribution is -2.40. The van der Waals surface area contributed by atoms with E-state index in [4.69, 9.17) is 12.2 Å². The van der Waals surface area contributed by atoms with Gasteiger partial charge in [-0.2, -0.15) is 0 Å². The summed E-state index contributed by atoms with van der Waals surface area (Å²) in [5.74, 6) is 1.79. The summed E-state index contributed by atoms with van der Waals surface area (Å²) in [4.78, 5) is 3.98. The van der Waals surface area contributed by atoms with E-state index in [1.165, 1.54) is 25.7 Å². The second-order valence-corrected chi connectivity index (χ2v) is 5.52. The first-order chi connectivity index (χ1) is 8.31. The van der Waals surface area contributed by atoms with Crippen LogP contribution >= 0.6 is 12.2 Å². The average molecular weight is 247 g/mol. The largest absolute Gasteiger partial charge is 0.359 e. The lowest BCUT2D eigenvalue weighted by atomic mass is 9.96. The summed E-state index contributed by atoms with van der Waals surface area (Å²) in [6, 6.07) is 4.44. The molecule has 2 bridgehead atoms. The van der Waals surface area contributed by atoms with Gasteiger partial charge in [0.25, 0.3) is 0 Å². The monoisotopic (exact) mass is 247 g/mol. The summed E-state index contributed by atoms with van der Waals surface area (Å²) >= 11 is 5.35. The topological polar surface area (TPSA) is 37.0 Å². The maximum Gasteiger partial charge on any atom is 0.171 e. The van der Waals surface area contributed by atoms with E-state index in [-0.39, 0.29) is 0 Å². The molecule has 0 spiro atoms. The zero-order chi connectivity index (χ0) is 11.7. The van der Waals surface area contributed by atoms with E-state index in [1.54, 1.807) is 12.4 Å². The number of nitrogens with one attached hydrogen (secondary N) is 2. The molecule has 0 unspecified atom stereocenters. The molecule has 2 fully saturated rings. The van der Waals surface area contributed by atoms with E-state index < -0.39 is 0 Å². The summed E-state index contributed by atoms with van der Waals surface area (Å²) < 4.78 is 0. The number of thiocarbonyl (C=S) groups is 1. The molecule has 0 radical (unpaired) electrons. The maximum absolute atomic E-state index is 5.35. The van der Waals surface area contributed by atoms with Gasteiger partial charge in [-0.15, -0.1) is 0 Å². The van der Waals surface area contributed by atoms with Crippen LogP contribution in [0.15, 0.2) is 24.5 Å². The zero-order valence-electron chi connectivity index (χ0n) is 9.73. The van der Waals surface area contributed by atoms with Gasteiger partial charge in [0.05, 0.1) is 0 Å². The van der Waals surface area contributed by atoms with Crippen molar-refractivity contribution >= 4 is 23.0 Å². The fourth-order valence-corrected chi connectivity index (χ4v) is 3.46. The van der Waals surface area contributed by atoms with Gasteiger partial charge in [0.1, 0.15) is 0 Å². The summed E-state index contributed by atoms with van der Waals surface area (Å²) in [6.07, 6.45) is 9.02. The van der Waals surface area contributed by atoms with Crippen LogP contribution in [0.5, 0.6) is 0 Å². The van der Waals surface area contributed by atoms with Gasteiger partial charge in [-0.05, 0) is 55.4 Å². The van der Waals surface area contributed by atoms with Gasteiger partial charge in [-0.1, -0.05) is 6.42 Å². The minimum Gasteiger partial charge on any atom is -0.359 e. The van der Waals surface area contributed by atoms with Crippen LogP contribution in [0.25, 0.3) is 0 Å². The summed E-state index contributed by atoms with van der Waals surface area (Å²) in [6.45, 7) is 0. The van der Waals surface area contributed by atoms with Crippen molar-refractivity contribution in [1.82, 2.24) is 10.3 Å². The smallest absolute Gasteiger partial charge is 0.171 e. The second-order valence-electron chi connectivity index (χ2n) is 5.12. The molecule has 2 saturated carbocycles. The molecule has 1 aromatic heterocycles. The van der Waals surface area contributed by atoms with Crippen LogP contribution in [0.4, 0.5) is 5.69 Å². The number of anilines is 1. The van der Waals surface area contributed by atoms with E-state index in [0.717, 1.165) is 22.6 Å². The molecule has 17 heavy (non-hydrogen) atoms. The molecule has 3 atom stereocenters. The summed E-state index contributed by atoms with van der Waals surface area (Å²) in [5, 5.41) is 7.41. The third-order valence-electron chi connectivity index (χ3n) is 3.99. The molecule has 2 aliphatic carbocycles. The van der Waals surface area contributed by atoms with Crippen molar-refractivity contribution in [3.63, 3.8) is 0 Å². The van der Waals surface area contributed by atoms with Crippen molar-refractivity contribution < 1.29 is 0 Å². The van der Waals surface area contributed by atoms with Crippen molar-refractivity contribution in [2.24, 2.45) is 11.8 Å². The average Bonchev–Trinajstić information content (AvgIpc) is 2.92. The van der Waals surface area contributed by atoms with Gasteiger partial charge in [-0.25, -0.2) is 0 Å². The molecule has 0 aromatic carbocycles. The number of hydrogen-bond donors (Lipinski definition) is 2. The molecule has 1 aromatic rings. The number of nitrogens with zero attached hydrogens (tertiary/aromatic N) is 1. The molecule has 1 heterocycles. The third-order valence-corrected chi connectivity index (χ3v) is 4.21. The first kappa shape index (κ1) is 11.0. The van der Waals surface area contributed by atoms with Crippen molar-refractivity contribution in [2.45, 2.75) is 31.7 Å². The van der Waals surface area contributed by atoms with Crippen LogP contribution in [0.1, 0.15) is 25.7 Å². The van der Waals surface area contributed by atoms with E-state index >= 15 is 0 Å². The molecular formula is C13H17N3S. The van der Waals surface area contributed by atoms with Crippen molar-refractivity contribution in [3.8, 4) is 0 Å². The quantitative estimate of drug-likeness (QED) is 0.788. The highest BCUT2D eigenvalue weighted by Crippen LogP contribution is 2.44. The fraction of sp³-hybridized carbons (Fsp3) is 0.538. The zero-order valence-corrected chi connectivity index (χ0v) is 10.5. The minimum atomic E-state index is 0.593. The highest BCUT2D eigenvalue weighted by molar-refractivity contribution is 7.80. The Hall–Kier alpha value is -1.16. The fourth-order valence-electron chi connectivity index (χ4n) is 3.19. The van der Waals surface area contributed by atoms with Crippen LogP contribution in [-0.4, -0.2) is 16.1 Å². The highest BCUT2D eigenvalue weighted by atomic mass is 32.1. The molecule has 2 N–H and O–H groups in total. The summed E-state index contributed by atoms with van der Waals surface area (Å²) in [5.41, 5.74) is 1.00. The number of rotatable bonds is 2. The van der Waals surface area contributed by atoms with Gasteiger partial charge < -0.3 is 10.6 Å². The molecule has 0 saturated heterocycles. The third kappa shape index (κ3) is 2.41. The van der Waals surface area contributed by atoms with Crippen molar-refractivity contribution in [2.75, 3.05) is 5.32 Å². The first-order valence-electron chi connectivity index (χ1n) is 6.29. The highest BCUT2D eigenvalue weighted by Gasteiger charge is 2.39. The van der Waals surface area contributed by atoms with Gasteiger partial charge >= 0.3 is 0 Å².